The average Bonchev–Trinajstić information content (AvgIpc) is 2.48. The van der Waals surface area contributed by atoms with E-state index in [1.165, 1.54) is 36.4 Å². The number of benzene rings is 2. The number of carbonyl (C=O) groups is 3. The van der Waals surface area contributed by atoms with Crippen LogP contribution in [0.25, 0.3) is 0 Å². The number of carboxylic acids is 1. The SMILES string of the molecule is O=C(NC(=O)c1ccc(Cl)cc1Cl)Nc1ccc(C(=O)O)cc1Cl. The summed E-state index contributed by atoms with van der Waals surface area (Å²) in [4.78, 5) is 34.7. The topological polar surface area (TPSA) is 95.5 Å². The van der Waals surface area contributed by atoms with Crippen LogP contribution in [0.3, 0.4) is 0 Å². The fraction of sp³-hybridized carbons (Fsp3) is 0. The quantitative estimate of drug-likeness (QED) is 0.731. The molecule has 24 heavy (non-hydrogen) atoms. The van der Waals surface area contributed by atoms with Gasteiger partial charge in [-0.25, -0.2) is 9.59 Å². The van der Waals surface area contributed by atoms with Crippen LogP contribution in [0.5, 0.6) is 0 Å². The van der Waals surface area contributed by atoms with Crippen molar-refractivity contribution >= 4 is 58.4 Å². The number of amides is 3. The molecular formula is C15H9Cl3N2O4. The van der Waals surface area contributed by atoms with E-state index in [0.717, 1.165) is 0 Å². The van der Waals surface area contributed by atoms with Crippen LogP contribution in [0.4, 0.5) is 10.5 Å². The van der Waals surface area contributed by atoms with Crippen molar-refractivity contribution in [2.45, 2.75) is 0 Å². The third kappa shape index (κ3) is 4.38. The van der Waals surface area contributed by atoms with Crippen molar-refractivity contribution in [2.75, 3.05) is 5.32 Å². The maximum absolute atomic E-state index is 12.0. The van der Waals surface area contributed by atoms with Crippen LogP contribution in [-0.4, -0.2) is 23.0 Å². The molecule has 0 heterocycles. The zero-order valence-electron chi connectivity index (χ0n) is 11.8. The molecule has 6 nitrogen and oxygen atoms in total. The van der Waals surface area contributed by atoms with Gasteiger partial charge in [0.05, 0.1) is 26.9 Å². The second-order valence-electron chi connectivity index (χ2n) is 4.53. The van der Waals surface area contributed by atoms with Gasteiger partial charge in [-0.1, -0.05) is 34.8 Å². The number of nitrogens with one attached hydrogen (secondary N) is 2. The summed E-state index contributed by atoms with van der Waals surface area (Å²) in [6.45, 7) is 0. The van der Waals surface area contributed by atoms with Gasteiger partial charge in [0.2, 0.25) is 0 Å². The Morgan fingerprint density at radius 2 is 1.62 bits per heavy atom. The number of carboxylic acid groups (broad SMARTS) is 1. The first-order valence-corrected chi connectivity index (χ1v) is 7.51. The van der Waals surface area contributed by atoms with E-state index in [1.807, 2.05) is 0 Å². The van der Waals surface area contributed by atoms with E-state index in [4.69, 9.17) is 39.9 Å². The largest absolute Gasteiger partial charge is 0.478 e. The molecule has 0 aromatic heterocycles. The number of hydrogen-bond donors (Lipinski definition) is 3. The van der Waals surface area contributed by atoms with Gasteiger partial charge in [-0.05, 0) is 36.4 Å². The maximum Gasteiger partial charge on any atom is 0.335 e. The number of anilines is 1. The lowest BCUT2D eigenvalue weighted by molar-refractivity contribution is 0.0696. The predicted octanol–water partition coefficient (Wildman–Crippen LogP) is 4.31. The molecule has 0 aliphatic rings. The lowest BCUT2D eigenvalue weighted by Gasteiger charge is -2.09. The summed E-state index contributed by atoms with van der Waals surface area (Å²) in [6, 6.07) is 7.11. The molecule has 124 valence electrons. The Labute approximate surface area is 151 Å². The average molecular weight is 388 g/mol. The van der Waals surface area contributed by atoms with Gasteiger partial charge in [0.15, 0.2) is 0 Å². The van der Waals surface area contributed by atoms with Crippen LogP contribution in [-0.2, 0) is 0 Å². The number of halogens is 3. The monoisotopic (exact) mass is 386 g/mol. The molecule has 0 saturated carbocycles. The van der Waals surface area contributed by atoms with Crippen LogP contribution in [0.15, 0.2) is 36.4 Å². The normalized spacial score (nSPS) is 10.1. The molecule has 2 rings (SSSR count). The van der Waals surface area contributed by atoms with E-state index >= 15 is 0 Å². The third-order valence-corrected chi connectivity index (χ3v) is 3.73. The highest BCUT2D eigenvalue weighted by atomic mass is 35.5. The first-order chi connectivity index (χ1) is 11.3. The van der Waals surface area contributed by atoms with E-state index in [2.05, 4.69) is 10.6 Å². The highest BCUT2D eigenvalue weighted by Gasteiger charge is 2.15. The zero-order chi connectivity index (χ0) is 17.9. The number of rotatable bonds is 3. The Balaban J connectivity index is 2.08. The summed E-state index contributed by atoms with van der Waals surface area (Å²) in [7, 11) is 0. The molecule has 0 saturated heterocycles. The molecule has 0 aliphatic heterocycles. The minimum atomic E-state index is -1.15. The summed E-state index contributed by atoms with van der Waals surface area (Å²) in [5.41, 5.74) is 0.188. The van der Waals surface area contributed by atoms with Gasteiger partial charge in [0.25, 0.3) is 5.91 Å². The van der Waals surface area contributed by atoms with Crippen LogP contribution >= 0.6 is 34.8 Å². The third-order valence-electron chi connectivity index (χ3n) is 2.87. The van der Waals surface area contributed by atoms with Gasteiger partial charge in [0, 0.05) is 5.02 Å². The van der Waals surface area contributed by atoms with Crippen molar-refractivity contribution in [1.82, 2.24) is 5.32 Å². The smallest absolute Gasteiger partial charge is 0.335 e. The molecule has 0 unspecified atom stereocenters. The maximum atomic E-state index is 12.0. The molecule has 0 fully saturated rings. The highest BCUT2D eigenvalue weighted by Crippen LogP contribution is 2.23. The van der Waals surface area contributed by atoms with Crippen molar-refractivity contribution in [1.29, 1.82) is 0 Å². The summed E-state index contributed by atoms with van der Waals surface area (Å²) in [6.07, 6.45) is 0. The molecule has 0 radical (unpaired) electrons. The number of carbonyl (C=O) groups excluding carboxylic acids is 2. The van der Waals surface area contributed by atoms with E-state index in [0.29, 0.717) is 5.02 Å². The van der Waals surface area contributed by atoms with Crippen molar-refractivity contribution in [2.24, 2.45) is 0 Å². The number of aromatic carboxylic acids is 1. The summed E-state index contributed by atoms with van der Waals surface area (Å²) >= 11 is 17.5. The first-order valence-electron chi connectivity index (χ1n) is 6.38. The predicted molar refractivity (Wildman–Crippen MR) is 91.4 cm³/mol. The number of urea groups is 1. The lowest BCUT2D eigenvalue weighted by atomic mass is 10.2. The van der Waals surface area contributed by atoms with Crippen LogP contribution in [0.1, 0.15) is 20.7 Å². The molecule has 3 amide bonds. The number of imide groups is 1. The van der Waals surface area contributed by atoms with Gasteiger partial charge in [-0.15, -0.1) is 0 Å². The fourth-order valence-electron chi connectivity index (χ4n) is 1.75. The van der Waals surface area contributed by atoms with Crippen molar-refractivity contribution < 1.29 is 19.5 Å². The van der Waals surface area contributed by atoms with Gasteiger partial charge in [-0.3, -0.25) is 10.1 Å². The van der Waals surface area contributed by atoms with Crippen molar-refractivity contribution in [3.05, 3.63) is 62.6 Å². The summed E-state index contributed by atoms with van der Waals surface area (Å²) in [5, 5.41) is 13.7. The van der Waals surface area contributed by atoms with Gasteiger partial charge >= 0.3 is 12.0 Å². The Kier molecular flexibility index (Phi) is 5.66. The molecule has 2 aromatic rings. The molecule has 3 N–H and O–H groups in total. The Bertz CT molecular complexity index is 839. The molecule has 0 bridgehead atoms. The minimum absolute atomic E-state index is 0.0158. The van der Waals surface area contributed by atoms with Crippen molar-refractivity contribution in [3.8, 4) is 0 Å². The standard InChI is InChI=1S/C15H9Cl3N2O4/c16-8-2-3-9(10(17)6-8)13(21)20-15(24)19-12-4-1-7(14(22)23)5-11(12)18/h1-6H,(H,22,23)(H2,19,20,21,24). The van der Waals surface area contributed by atoms with Crippen LogP contribution < -0.4 is 10.6 Å². The Morgan fingerprint density at radius 1 is 0.917 bits per heavy atom. The van der Waals surface area contributed by atoms with Crippen LogP contribution in [0.2, 0.25) is 15.1 Å². The lowest BCUT2D eigenvalue weighted by Crippen LogP contribution is -2.34. The van der Waals surface area contributed by atoms with E-state index < -0.39 is 17.9 Å². The van der Waals surface area contributed by atoms with Gasteiger partial charge < -0.3 is 10.4 Å². The highest BCUT2D eigenvalue weighted by molar-refractivity contribution is 6.37. The molecule has 0 spiro atoms. The second kappa shape index (κ2) is 7.53. The van der Waals surface area contributed by atoms with Crippen LogP contribution in [0, 0.1) is 0 Å². The summed E-state index contributed by atoms with van der Waals surface area (Å²) < 4.78 is 0. The van der Waals surface area contributed by atoms with Gasteiger partial charge in [0.1, 0.15) is 0 Å². The van der Waals surface area contributed by atoms with E-state index in [9.17, 15) is 14.4 Å². The van der Waals surface area contributed by atoms with Gasteiger partial charge in [-0.2, -0.15) is 0 Å². The first kappa shape index (κ1) is 18.1. The molecule has 2 aromatic carbocycles. The zero-order valence-corrected chi connectivity index (χ0v) is 14.0. The molecular weight excluding hydrogens is 379 g/mol. The molecule has 0 aliphatic carbocycles. The van der Waals surface area contributed by atoms with E-state index in [1.54, 1.807) is 0 Å². The second-order valence-corrected chi connectivity index (χ2v) is 5.78. The minimum Gasteiger partial charge on any atom is -0.478 e. The van der Waals surface area contributed by atoms with E-state index in [-0.39, 0.29) is 26.9 Å². The Hall–Kier alpha value is -2.28. The molecule has 9 heteroatoms. The Morgan fingerprint density at radius 3 is 2.21 bits per heavy atom. The van der Waals surface area contributed by atoms with Crippen molar-refractivity contribution in [3.63, 3.8) is 0 Å². The summed E-state index contributed by atoms with van der Waals surface area (Å²) in [5.74, 6) is -1.88. The molecule has 0 atom stereocenters. The fourth-order valence-corrected chi connectivity index (χ4v) is 2.47. The number of hydrogen-bond acceptors (Lipinski definition) is 3.